The number of hydrogen-bond acceptors (Lipinski definition) is 4. The van der Waals surface area contributed by atoms with Crippen LogP contribution < -0.4 is 5.32 Å². The molecule has 1 N–H and O–H groups in total. The summed E-state index contributed by atoms with van der Waals surface area (Å²) in [4.78, 5) is 16.3. The maximum absolute atomic E-state index is 12.2. The summed E-state index contributed by atoms with van der Waals surface area (Å²) in [5.74, 6) is 0.824. The molecule has 0 aliphatic heterocycles. The molecule has 94 valence electrons. The molecule has 0 aliphatic carbocycles. The molecule has 0 spiro atoms. The summed E-state index contributed by atoms with van der Waals surface area (Å²) in [5.41, 5.74) is 0.561. The second-order valence-electron chi connectivity index (χ2n) is 4.18. The molecule has 0 atom stereocenters. The van der Waals surface area contributed by atoms with Gasteiger partial charge in [0.1, 0.15) is 5.76 Å². The van der Waals surface area contributed by atoms with Gasteiger partial charge in [-0.05, 0) is 24.4 Å². The van der Waals surface area contributed by atoms with E-state index in [4.69, 9.17) is 4.52 Å². The van der Waals surface area contributed by atoms with E-state index in [-0.39, 0.29) is 5.91 Å². The van der Waals surface area contributed by atoms with Gasteiger partial charge in [0.25, 0.3) is 5.91 Å². The quantitative estimate of drug-likeness (QED) is 0.762. The van der Waals surface area contributed by atoms with Crippen LogP contribution >= 0.6 is 0 Å². The Balaban J connectivity index is 1.97. The number of carbonyl (C=O) groups excluding carboxylic acids is 1. The van der Waals surface area contributed by atoms with Crippen LogP contribution in [0.5, 0.6) is 0 Å². The molecule has 5 nitrogen and oxygen atoms in total. The molecule has 0 fully saturated rings. The summed E-state index contributed by atoms with van der Waals surface area (Å²) in [6, 6.07) is 9.07. The molecular weight excluding hydrogens is 242 g/mol. The first-order valence-corrected chi connectivity index (χ1v) is 5.81. The second kappa shape index (κ2) is 4.53. The van der Waals surface area contributed by atoms with E-state index in [1.165, 1.54) is 0 Å². The van der Waals surface area contributed by atoms with Crippen LogP contribution in [-0.2, 0) is 0 Å². The van der Waals surface area contributed by atoms with Crippen molar-refractivity contribution in [3.05, 3.63) is 54.0 Å². The van der Waals surface area contributed by atoms with Crippen LogP contribution in [0.3, 0.4) is 0 Å². The topological polar surface area (TPSA) is 68.0 Å². The van der Waals surface area contributed by atoms with E-state index >= 15 is 0 Å². The van der Waals surface area contributed by atoms with Gasteiger partial charge in [-0.2, -0.15) is 0 Å². The number of aromatic nitrogens is 2. The Hall–Kier alpha value is -2.69. The predicted octanol–water partition coefficient (Wildman–Crippen LogP) is 2.78. The number of fused-ring (bicyclic) bond motifs is 1. The zero-order valence-electron chi connectivity index (χ0n) is 10.3. The Morgan fingerprint density at radius 1 is 1.32 bits per heavy atom. The minimum absolute atomic E-state index is 0.230. The van der Waals surface area contributed by atoms with Gasteiger partial charge in [0.15, 0.2) is 5.82 Å². The monoisotopic (exact) mass is 253 g/mol. The van der Waals surface area contributed by atoms with E-state index in [0.29, 0.717) is 17.1 Å². The lowest BCUT2D eigenvalue weighted by atomic mass is 10.1. The van der Waals surface area contributed by atoms with Gasteiger partial charge in [0.2, 0.25) is 0 Å². The summed E-state index contributed by atoms with van der Waals surface area (Å²) >= 11 is 0. The first kappa shape index (κ1) is 11.4. The van der Waals surface area contributed by atoms with Gasteiger partial charge >= 0.3 is 0 Å². The highest BCUT2D eigenvalue weighted by Gasteiger charge is 2.11. The van der Waals surface area contributed by atoms with Crippen molar-refractivity contribution in [2.75, 3.05) is 5.32 Å². The van der Waals surface area contributed by atoms with Gasteiger partial charge in [-0.15, -0.1) is 0 Å². The van der Waals surface area contributed by atoms with Gasteiger partial charge in [-0.3, -0.25) is 9.78 Å². The number of nitrogens with one attached hydrogen (secondary N) is 1. The molecule has 1 amide bonds. The highest BCUT2D eigenvalue weighted by molar-refractivity contribution is 6.12. The second-order valence-corrected chi connectivity index (χ2v) is 4.18. The molecule has 0 saturated heterocycles. The van der Waals surface area contributed by atoms with Crippen LogP contribution in [0.2, 0.25) is 0 Å². The Labute approximate surface area is 109 Å². The third-order valence-corrected chi connectivity index (χ3v) is 2.80. The fourth-order valence-electron chi connectivity index (χ4n) is 1.92. The lowest BCUT2D eigenvalue weighted by molar-refractivity contribution is 0.102. The minimum atomic E-state index is -0.230. The van der Waals surface area contributed by atoms with Crippen LogP contribution in [0.4, 0.5) is 5.82 Å². The molecule has 0 unspecified atom stereocenters. The van der Waals surface area contributed by atoms with Crippen LogP contribution in [-0.4, -0.2) is 16.0 Å². The van der Waals surface area contributed by atoms with Gasteiger partial charge in [0.05, 0.1) is 0 Å². The normalized spacial score (nSPS) is 10.6. The molecule has 3 rings (SSSR count). The molecule has 0 aliphatic rings. The van der Waals surface area contributed by atoms with Crippen molar-refractivity contribution in [3.8, 4) is 0 Å². The third-order valence-electron chi connectivity index (χ3n) is 2.80. The summed E-state index contributed by atoms with van der Waals surface area (Å²) in [5, 5.41) is 8.22. The van der Waals surface area contributed by atoms with Crippen molar-refractivity contribution >= 4 is 22.5 Å². The van der Waals surface area contributed by atoms with Crippen molar-refractivity contribution < 1.29 is 9.32 Å². The number of benzene rings is 1. The fraction of sp³-hybridized carbons (Fsp3) is 0.0714. The molecule has 1 aromatic carbocycles. The molecule has 0 saturated carbocycles. The van der Waals surface area contributed by atoms with Crippen LogP contribution in [0.25, 0.3) is 10.8 Å². The first-order valence-electron chi connectivity index (χ1n) is 5.81. The van der Waals surface area contributed by atoms with Crippen molar-refractivity contribution in [1.29, 1.82) is 0 Å². The van der Waals surface area contributed by atoms with E-state index in [9.17, 15) is 4.79 Å². The minimum Gasteiger partial charge on any atom is -0.360 e. The van der Waals surface area contributed by atoms with Crippen molar-refractivity contribution in [1.82, 2.24) is 10.1 Å². The predicted molar refractivity (Wildman–Crippen MR) is 70.9 cm³/mol. The summed E-state index contributed by atoms with van der Waals surface area (Å²) in [7, 11) is 0. The number of hydrogen-bond donors (Lipinski definition) is 1. The third kappa shape index (κ3) is 2.18. The number of anilines is 1. The number of nitrogens with zero attached hydrogens (tertiary/aromatic N) is 2. The van der Waals surface area contributed by atoms with Gasteiger partial charge in [-0.1, -0.05) is 17.3 Å². The summed E-state index contributed by atoms with van der Waals surface area (Å²) in [6.07, 6.45) is 3.38. The molecule has 2 heterocycles. The SMILES string of the molecule is Cc1cc(NC(=O)c2cccc3ccncc23)no1. The van der Waals surface area contributed by atoms with Crippen molar-refractivity contribution in [2.24, 2.45) is 0 Å². The van der Waals surface area contributed by atoms with E-state index in [2.05, 4.69) is 15.5 Å². The zero-order valence-corrected chi connectivity index (χ0v) is 10.3. The molecule has 19 heavy (non-hydrogen) atoms. The number of aryl methyl sites for hydroxylation is 1. The molecule has 0 bridgehead atoms. The number of amides is 1. The smallest absolute Gasteiger partial charge is 0.257 e. The average Bonchev–Trinajstić information content (AvgIpc) is 2.83. The maximum atomic E-state index is 12.2. The number of carbonyl (C=O) groups is 1. The van der Waals surface area contributed by atoms with Crippen LogP contribution in [0, 0.1) is 6.92 Å². The Bertz CT molecular complexity index is 744. The number of pyridine rings is 1. The largest absolute Gasteiger partial charge is 0.360 e. The van der Waals surface area contributed by atoms with E-state index in [1.807, 2.05) is 18.2 Å². The van der Waals surface area contributed by atoms with Crippen molar-refractivity contribution in [3.63, 3.8) is 0 Å². The summed E-state index contributed by atoms with van der Waals surface area (Å²) in [6.45, 7) is 1.77. The van der Waals surface area contributed by atoms with E-state index < -0.39 is 0 Å². The lowest BCUT2D eigenvalue weighted by Crippen LogP contribution is -2.12. The van der Waals surface area contributed by atoms with Crippen LogP contribution in [0.15, 0.2) is 47.2 Å². The van der Waals surface area contributed by atoms with Crippen molar-refractivity contribution in [2.45, 2.75) is 6.92 Å². The average molecular weight is 253 g/mol. The van der Waals surface area contributed by atoms with E-state index in [0.717, 1.165) is 10.8 Å². The lowest BCUT2D eigenvalue weighted by Gasteiger charge is -2.05. The zero-order chi connectivity index (χ0) is 13.2. The molecule has 0 radical (unpaired) electrons. The standard InChI is InChI=1S/C14H11N3O2/c1-9-7-13(17-19-9)16-14(18)11-4-2-3-10-5-6-15-8-12(10)11/h2-8H,1H3,(H,16,17,18). The first-order chi connectivity index (χ1) is 9.24. The Morgan fingerprint density at radius 3 is 3.00 bits per heavy atom. The summed E-state index contributed by atoms with van der Waals surface area (Å²) < 4.78 is 4.91. The number of rotatable bonds is 2. The highest BCUT2D eigenvalue weighted by Crippen LogP contribution is 2.18. The van der Waals surface area contributed by atoms with Gasteiger partial charge in [0, 0.05) is 29.4 Å². The maximum Gasteiger partial charge on any atom is 0.257 e. The molecule has 2 aromatic heterocycles. The van der Waals surface area contributed by atoms with Gasteiger partial charge in [-0.25, -0.2) is 0 Å². The molecule has 5 heteroatoms. The van der Waals surface area contributed by atoms with E-state index in [1.54, 1.807) is 31.5 Å². The Kier molecular flexibility index (Phi) is 2.72. The van der Waals surface area contributed by atoms with Gasteiger partial charge < -0.3 is 9.84 Å². The highest BCUT2D eigenvalue weighted by atomic mass is 16.5. The fourth-order valence-corrected chi connectivity index (χ4v) is 1.92. The molecule has 3 aromatic rings. The Morgan fingerprint density at radius 2 is 2.21 bits per heavy atom. The molecular formula is C14H11N3O2. The van der Waals surface area contributed by atoms with Crippen LogP contribution in [0.1, 0.15) is 16.1 Å².